The van der Waals surface area contributed by atoms with Crippen molar-refractivity contribution < 1.29 is 29.3 Å². The number of amides is 3. The summed E-state index contributed by atoms with van der Waals surface area (Å²) in [6, 6.07) is 13.6. The summed E-state index contributed by atoms with van der Waals surface area (Å²) in [5.74, 6) is -1.18. The predicted molar refractivity (Wildman–Crippen MR) is 143 cm³/mol. The molecule has 1 fully saturated rings. The first-order valence-corrected chi connectivity index (χ1v) is 12.7. The van der Waals surface area contributed by atoms with E-state index < -0.39 is 5.60 Å². The zero-order chi connectivity index (χ0) is 27.2. The van der Waals surface area contributed by atoms with Gasteiger partial charge in [0.05, 0.1) is 0 Å². The number of nitrogens with zero attached hydrogens (tertiary/aromatic N) is 3. The molecule has 38 heavy (non-hydrogen) atoms. The third kappa shape index (κ3) is 4.71. The van der Waals surface area contributed by atoms with Crippen LogP contribution in [-0.4, -0.2) is 76.2 Å². The van der Waals surface area contributed by atoms with E-state index in [0.717, 1.165) is 11.1 Å². The lowest BCUT2D eigenvalue weighted by molar-refractivity contribution is 0.0240. The maximum atomic E-state index is 13.4. The average Bonchev–Trinajstić information content (AvgIpc) is 2.88. The van der Waals surface area contributed by atoms with E-state index in [4.69, 9.17) is 4.74 Å². The lowest BCUT2D eigenvalue weighted by Crippen LogP contribution is -2.50. The number of benzene rings is 3. The van der Waals surface area contributed by atoms with Gasteiger partial charge >= 0.3 is 6.09 Å². The van der Waals surface area contributed by atoms with Crippen LogP contribution in [0.15, 0.2) is 48.5 Å². The van der Waals surface area contributed by atoms with Gasteiger partial charge in [0.25, 0.3) is 11.8 Å². The van der Waals surface area contributed by atoms with Crippen LogP contribution in [-0.2, 0) is 11.2 Å². The van der Waals surface area contributed by atoms with Gasteiger partial charge in [-0.15, -0.1) is 0 Å². The van der Waals surface area contributed by atoms with E-state index in [0.29, 0.717) is 54.7 Å². The molecule has 3 aromatic carbocycles. The summed E-state index contributed by atoms with van der Waals surface area (Å²) in [4.78, 5) is 44.4. The van der Waals surface area contributed by atoms with Crippen molar-refractivity contribution in [1.29, 1.82) is 0 Å². The van der Waals surface area contributed by atoms with Gasteiger partial charge in [-0.05, 0) is 63.1 Å². The smallest absolute Gasteiger partial charge is 0.410 e. The molecular weight excluding hydrogens is 486 g/mol. The molecule has 5 rings (SSSR count). The molecule has 198 valence electrons. The highest BCUT2D eigenvalue weighted by atomic mass is 16.6. The molecule has 0 spiro atoms. The van der Waals surface area contributed by atoms with Crippen LogP contribution in [0.2, 0.25) is 0 Å². The molecule has 1 saturated heterocycles. The number of imide groups is 1. The summed E-state index contributed by atoms with van der Waals surface area (Å²) >= 11 is 0. The molecule has 2 aliphatic rings. The Morgan fingerprint density at radius 2 is 1.58 bits per heavy atom. The number of carbonyl (C=O) groups is 3. The molecule has 2 N–H and O–H groups in total. The van der Waals surface area contributed by atoms with Gasteiger partial charge in [0, 0.05) is 60.3 Å². The minimum absolute atomic E-state index is 0.145. The van der Waals surface area contributed by atoms with Crippen molar-refractivity contribution >= 4 is 34.4 Å². The Morgan fingerprint density at radius 3 is 2.24 bits per heavy atom. The molecular formula is C29H31N3O6. The van der Waals surface area contributed by atoms with E-state index in [1.165, 1.54) is 17.0 Å². The molecule has 3 aromatic rings. The van der Waals surface area contributed by atoms with Crippen LogP contribution in [0, 0.1) is 0 Å². The molecule has 2 aliphatic heterocycles. The van der Waals surface area contributed by atoms with E-state index in [1.807, 2.05) is 39.0 Å². The Kier molecular flexibility index (Phi) is 6.38. The van der Waals surface area contributed by atoms with Gasteiger partial charge in [-0.3, -0.25) is 14.5 Å². The molecule has 0 unspecified atom stereocenters. The van der Waals surface area contributed by atoms with Gasteiger partial charge in [0.15, 0.2) is 11.5 Å². The van der Waals surface area contributed by atoms with E-state index in [9.17, 15) is 24.6 Å². The second-order valence-electron chi connectivity index (χ2n) is 10.6. The quantitative estimate of drug-likeness (QED) is 0.395. The van der Waals surface area contributed by atoms with E-state index in [1.54, 1.807) is 23.1 Å². The first-order chi connectivity index (χ1) is 18.0. The Labute approximate surface area is 220 Å². The maximum absolute atomic E-state index is 13.4. The number of piperazine rings is 1. The van der Waals surface area contributed by atoms with E-state index in [-0.39, 0.29) is 36.0 Å². The van der Waals surface area contributed by atoms with E-state index in [2.05, 4.69) is 4.90 Å². The van der Waals surface area contributed by atoms with Crippen LogP contribution in [0.25, 0.3) is 10.8 Å². The molecule has 2 heterocycles. The Balaban J connectivity index is 1.37. The molecule has 0 bridgehead atoms. The minimum Gasteiger partial charge on any atom is -0.504 e. The third-order valence-electron chi connectivity index (χ3n) is 6.90. The number of rotatable bonds is 4. The van der Waals surface area contributed by atoms with Crippen LogP contribution >= 0.6 is 0 Å². The summed E-state index contributed by atoms with van der Waals surface area (Å²) in [5, 5.41) is 20.8. The second kappa shape index (κ2) is 9.55. The van der Waals surface area contributed by atoms with Gasteiger partial charge in [-0.1, -0.05) is 18.2 Å². The fraction of sp³-hybridized carbons (Fsp3) is 0.345. The van der Waals surface area contributed by atoms with Crippen LogP contribution < -0.4 is 4.90 Å². The van der Waals surface area contributed by atoms with Crippen molar-refractivity contribution in [3.63, 3.8) is 0 Å². The lowest BCUT2D eigenvalue weighted by atomic mass is 9.92. The number of anilines is 1. The van der Waals surface area contributed by atoms with E-state index >= 15 is 0 Å². The highest BCUT2D eigenvalue weighted by Crippen LogP contribution is 2.36. The summed E-state index contributed by atoms with van der Waals surface area (Å²) in [5.41, 5.74) is 2.01. The first kappa shape index (κ1) is 25.4. The fourth-order valence-corrected chi connectivity index (χ4v) is 5.03. The summed E-state index contributed by atoms with van der Waals surface area (Å²) in [6.07, 6.45) is 0.0178. The van der Waals surface area contributed by atoms with Gasteiger partial charge in [-0.2, -0.15) is 0 Å². The molecule has 0 aromatic heterocycles. The largest absolute Gasteiger partial charge is 0.504 e. The van der Waals surface area contributed by atoms with Crippen molar-refractivity contribution in [2.75, 3.05) is 37.6 Å². The molecule has 0 aliphatic carbocycles. The van der Waals surface area contributed by atoms with Crippen LogP contribution in [0.1, 0.15) is 47.1 Å². The molecule has 0 radical (unpaired) electrons. The summed E-state index contributed by atoms with van der Waals surface area (Å²) in [7, 11) is 0. The number of phenols is 2. The summed E-state index contributed by atoms with van der Waals surface area (Å²) < 4.78 is 5.50. The number of hydrogen-bond donors (Lipinski definition) is 2. The number of phenolic OH excluding ortho intramolecular Hbond substituents is 2. The minimum atomic E-state index is -0.552. The monoisotopic (exact) mass is 517 g/mol. The van der Waals surface area contributed by atoms with Gasteiger partial charge < -0.3 is 24.7 Å². The SMILES string of the molecule is CC(C)(C)OC(=O)N1CCN(c2ccc3c4c(cccc24)C(=O)N(CCc2ccc(O)c(O)c2)C3=O)CC1. The highest BCUT2D eigenvalue weighted by Gasteiger charge is 2.34. The molecule has 0 saturated carbocycles. The van der Waals surface area contributed by atoms with Crippen molar-refractivity contribution in [3.8, 4) is 11.5 Å². The zero-order valence-corrected chi connectivity index (χ0v) is 21.7. The van der Waals surface area contributed by atoms with Crippen molar-refractivity contribution in [2.45, 2.75) is 32.8 Å². The van der Waals surface area contributed by atoms with Gasteiger partial charge in [0.1, 0.15) is 5.60 Å². The number of carbonyl (C=O) groups excluding carboxylic acids is 3. The number of aromatic hydroxyl groups is 2. The first-order valence-electron chi connectivity index (χ1n) is 12.7. The normalized spacial score (nSPS) is 15.8. The van der Waals surface area contributed by atoms with Gasteiger partial charge in [-0.25, -0.2) is 4.79 Å². The zero-order valence-electron chi connectivity index (χ0n) is 21.7. The van der Waals surface area contributed by atoms with Crippen molar-refractivity contribution in [1.82, 2.24) is 9.80 Å². The topological polar surface area (TPSA) is 111 Å². The highest BCUT2D eigenvalue weighted by molar-refractivity contribution is 6.26. The molecule has 3 amide bonds. The lowest BCUT2D eigenvalue weighted by Gasteiger charge is -2.37. The maximum Gasteiger partial charge on any atom is 0.410 e. The Bertz CT molecular complexity index is 1410. The predicted octanol–water partition coefficient (Wildman–Crippen LogP) is 4.15. The fourth-order valence-electron chi connectivity index (χ4n) is 5.03. The van der Waals surface area contributed by atoms with Crippen molar-refractivity contribution in [2.24, 2.45) is 0 Å². The Morgan fingerprint density at radius 1 is 0.895 bits per heavy atom. The number of ether oxygens (including phenoxy) is 1. The second-order valence-corrected chi connectivity index (χ2v) is 10.6. The Hall–Kier alpha value is -4.27. The molecule has 0 atom stereocenters. The number of hydrogen-bond acceptors (Lipinski definition) is 7. The standard InChI is InChI=1S/C29H31N3O6/c1-29(2,3)38-28(37)31-15-13-30(14-16-31)22-9-8-21-25-19(22)5-4-6-20(25)26(35)32(27(21)36)12-11-18-7-10-23(33)24(34)17-18/h4-10,17,33-34H,11-16H2,1-3H3. The molecule has 9 nitrogen and oxygen atoms in total. The molecule has 9 heteroatoms. The van der Waals surface area contributed by atoms with Crippen molar-refractivity contribution in [3.05, 3.63) is 65.2 Å². The third-order valence-corrected chi connectivity index (χ3v) is 6.90. The average molecular weight is 518 g/mol. The summed E-state index contributed by atoms with van der Waals surface area (Å²) in [6.45, 7) is 7.91. The van der Waals surface area contributed by atoms with Gasteiger partial charge in [0.2, 0.25) is 0 Å². The van der Waals surface area contributed by atoms with Crippen LogP contribution in [0.4, 0.5) is 10.5 Å². The van der Waals surface area contributed by atoms with Crippen LogP contribution in [0.3, 0.4) is 0 Å². The van der Waals surface area contributed by atoms with Crippen LogP contribution in [0.5, 0.6) is 11.5 Å².